The summed E-state index contributed by atoms with van der Waals surface area (Å²) in [6.45, 7) is 0. The highest BCUT2D eigenvalue weighted by Crippen LogP contribution is 1.98. The summed E-state index contributed by atoms with van der Waals surface area (Å²) >= 11 is 0. The summed E-state index contributed by atoms with van der Waals surface area (Å²) < 4.78 is 0. The Kier molecular flexibility index (Phi) is 5.02. The summed E-state index contributed by atoms with van der Waals surface area (Å²) in [5.41, 5.74) is 0. The number of hydrogen-bond donors (Lipinski definition) is 0. The molecule has 0 heterocycles. The second-order valence-electron chi connectivity index (χ2n) is 2.87. The van der Waals surface area contributed by atoms with Crippen molar-refractivity contribution in [3.05, 3.63) is 48.6 Å². The molecule has 0 aromatic rings. The second-order valence-corrected chi connectivity index (χ2v) is 2.87. The normalized spacial score (nSPS) is 18.7. The third-order valence-electron chi connectivity index (χ3n) is 1.77. The zero-order valence-electron chi connectivity index (χ0n) is 7.45. The zero-order chi connectivity index (χ0) is 8.49. The molecule has 0 saturated heterocycles. The topological polar surface area (TPSA) is 0 Å². The Morgan fingerprint density at radius 2 is 0.667 bits per heavy atom. The van der Waals surface area contributed by atoms with E-state index in [0.717, 1.165) is 0 Å². The van der Waals surface area contributed by atoms with E-state index < -0.39 is 0 Å². The molecule has 12 heavy (non-hydrogen) atoms. The van der Waals surface area contributed by atoms with Crippen molar-refractivity contribution < 1.29 is 0 Å². The molecule has 0 N–H and O–H groups in total. The summed E-state index contributed by atoms with van der Waals surface area (Å²) in [7, 11) is 0. The van der Waals surface area contributed by atoms with Gasteiger partial charge in [0.2, 0.25) is 0 Å². The van der Waals surface area contributed by atoms with E-state index in [9.17, 15) is 0 Å². The van der Waals surface area contributed by atoms with Crippen LogP contribution < -0.4 is 0 Å². The molecule has 0 amide bonds. The van der Waals surface area contributed by atoms with Gasteiger partial charge in [-0.05, 0) is 25.7 Å². The van der Waals surface area contributed by atoms with E-state index in [1.165, 1.54) is 25.7 Å². The van der Waals surface area contributed by atoms with Crippen molar-refractivity contribution in [2.75, 3.05) is 0 Å². The molecule has 0 heteroatoms. The Balaban J connectivity index is 0.000000120. The van der Waals surface area contributed by atoms with Crippen molar-refractivity contribution >= 4 is 0 Å². The second kappa shape index (κ2) is 6.66. The van der Waals surface area contributed by atoms with E-state index >= 15 is 0 Å². The minimum atomic E-state index is 1.23. The van der Waals surface area contributed by atoms with Crippen LogP contribution in [0.1, 0.15) is 25.7 Å². The summed E-state index contributed by atoms with van der Waals surface area (Å²) in [5, 5.41) is 0. The maximum Gasteiger partial charge on any atom is -0.0313 e. The molecule has 0 aliphatic heterocycles. The minimum absolute atomic E-state index is 1.23. The first-order valence-corrected chi connectivity index (χ1v) is 4.63. The van der Waals surface area contributed by atoms with Gasteiger partial charge < -0.3 is 0 Å². The lowest BCUT2D eigenvalue weighted by Gasteiger charge is -1.88. The molecule has 0 aromatic carbocycles. The van der Waals surface area contributed by atoms with Crippen LogP contribution in [0.3, 0.4) is 0 Å². The van der Waals surface area contributed by atoms with E-state index in [-0.39, 0.29) is 0 Å². The molecule has 2 aliphatic rings. The van der Waals surface area contributed by atoms with Gasteiger partial charge in [-0.3, -0.25) is 0 Å². The van der Waals surface area contributed by atoms with Crippen LogP contribution in [0.2, 0.25) is 0 Å². The van der Waals surface area contributed by atoms with Gasteiger partial charge in [-0.15, -0.1) is 0 Å². The molecule has 0 unspecified atom stereocenters. The minimum Gasteiger partial charge on any atom is -0.0842 e. The predicted molar refractivity (Wildman–Crippen MR) is 55.0 cm³/mol. The van der Waals surface area contributed by atoms with Gasteiger partial charge in [0, 0.05) is 0 Å². The molecule has 0 spiro atoms. The monoisotopic (exact) mass is 160 g/mol. The molecule has 2 rings (SSSR count). The first-order valence-electron chi connectivity index (χ1n) is 4.63. The molecule has 2 aliphatic carbocycles. The predicted octanol–water partition coefficient (Wildman–Crippen LogP) is 3.79. The molecular weight excluding hydrogens is 144 g/mol. The Labute approximate surface area is 75.0 Å². The van der Waals surface area contributed by atoms with Crippen LogP contribution in [0.15, 0.2) is 48.6 Å². The number of allylic oxidation sites excluding steroid dienone is 8. The van der Waals surface area contributed by atoms with Crippen LogP contribution in [-0.4, -0.2) is 0 Å². The Hall–Kier alpha value is -1.04. The SMILES string of the molecule is C1=CCCC=C1.C1=CCCC=C1. The fraction of sp³-hybridized carbons (Fsp3) is 0.333. The summed E-state index contributed by atoms with van der Waals surface area (Å²) in [6.07, 6.45) is 22.0. The van der Waals surface area contributed by atoms with Crippen LogP contribution >= 0.6 is 0 Å². The molecule has 0 aromatic heterocycles. The Bertz CT molecular complexity index is 156. The van der Waals surface area contributed by atoms with Crippen LogP contribution in [0.4, 0.5) is 0 Å². The van der Waals surface area contributed by atoms with Gasteiger partial charge in [0.15, 0.2) is 0 Å². The lowest BCUT2D eigenvalue weighted by molar-refractivity contribution is 1.04. The zero-order valence-corrected chi connectivity index (χ0v) is 7.45. The maximum atomic E-state index is 2.18. The average molecular weight is 160 g/mol. The van der Waals surface area contributed by atoms with Crippen molar-refractivity contribution in [3.63, 3.8) is 0 Å². The van der Waals surface area contributed by atoms with Gasteiger partial charge in [-0.2, -0.15) is 0 Å². The Morgan fingerprint density at radius 1 is 0.417 bits per heavy atom. The third kappa shape index (κ3) is 4.73. The first-order chi connectivity index (χ1) is 6.00. The Morgan fingerprint density at radius 3 is 0.750 bits per heavy atom. The fourth-order valence-corrected chi connectivity index (χ4v) is 1.08. The lowest BCUT2D eigenvalue weighted by Crippen LogP contribution is -1.67. The highest BCUT2D eigenvalue weighted by Gasteiger charge is 1.78. The highest BCUT2D eigenvalue weighted by atomic mass is 13.8. The maximum absolute atomic E-state index is 2.18. The summed E-state index contributed by atoms with van der Waals surface area (Å²) in [4.78, 5) is 0. The lowest BCUT2D eigenvalue weighted by atomic mass is 10.2. The van der Waals surface area contributed by atoms with Crippen molar-refractivity contribution in [1.29, 1.82) is 0 Å². The van der Waals surface area contributed by atoms with E-state index in [0.29, 0.717) is 0 Å². The molecule has 0 atom stereocenters. The smallest absolute Gasteiger partial charge is 0.0313 e. The van der Waals surface area contributed by atoms with Gasteiger partial charge in [0.1, 0.15) is 0 Å². The van der Waals surface area contributed by atoms with Crippen molar-refractivity contribution in [3.8, 4) is 0 Å². The standard InChI is InChI=1S/2C6H8/c2*1-2-4-6-5-3-1/h2*1-4H,5-6H2. The molecule has 0 bridgehead atoms. The van der Waals surface area contributed by atoms with Crippen LogP contribution in [0, 0.1) is 0 Å². The van der Waals surface area contributed by atoms with Crippen molar-refractivity contribution in [2.24, 2.45) is 0 Å². The highest BCUT2D eigenvalue weighted by molar-refractivity contribution is 5.07. The van der Waals surface area contributed by atoms with Crippen molar-refractivity contribution in [2.45, 2.75) is 25.7 Å². The van der Waals surface area contributed by atoms with Crippen molar-refractivity contribution in [1.82, 2.24) is 0 Å². The van der Waals surface area contributed by atoms with Gasteiger partial charge in [0.25, 0.3) is 0 Å². The van der Waals surface area contributed by atoms with Crippen LogP contribution in [0.25, 0.3) is 0 Å². The number of hydrogen-bond acceptors (Lipinski definition) is 0. The molecular formula is C12H16. The summed E-state index contributed by atoms with van der Waals surface area (Å²) in [5.74, 6) is 0. The fourth-order valence-electron chi connectivity index (χ4n) is 1.08. The molecule has 0 radical (unpaired) electrons. The number of rotatable bonds is 0. The van der Waals surface area contributed by atoms with Gasteiger partial charge >= 0.3 is 0 Å². The van der Waals surface area contributed by atoms with Crippen LogP contribution in [-0.2, 0) is 0 Å². The molecule has 0 saturated carbocycles. The van der Waals surface area contributed by atoms with Gasteiger partial charge in [0.05, 0.1) is 0 Å². The van der Waals surface area contributed by atoms with Gasteiger partial charge in [-0.1, -0.05) is 48.6 Å². The van der Waals surface area contributed by atoms with E-state index in [2.05, 4.69) is 48.6 Å². The average Bonchev–Trinajstić information content (AvgIpc) is 2.24. The third-order valence-corrected chi connectivity index (χ3v) is 1.77. The first kappa shape index (κ1) is 9.05. The van der Waals surface area contributed by atoms with E-state index in [1.807, 2.05) is 0 Å². The molecule has 0 fully saturated rings. The van der Waals surface area contributed by atoms with E-state index in [1.54, 1.807) is 0 Å². The largest absolute Gasteiger partial charge is 0.0842 e. The van der Waals surface area contributed by atoms with E-state index in [4.69, 9.17) is 0 Å². The quantitative estimate of drug-likeness (QED) is 0.506. The molecule has 0 nitrogen and oxygen atoms in total. The van der Waals surface area contributed by atoms with Gasteiger partial charge in [-0.25, -0.2) is 0 Å². The summed E-state index contributed by atoms with van der Waals surface area (Å²) in [6, 6.07) is 0. The van der Waals surface area contributed by atoms with Crippen LogP contribution in [0.5, 0.6) is 0 Å². The molecule has 64 valence electrons.